The van der Waals surface area contributed by atoms with Crippen LogP contribution >= 0.6 is 0 Å². The van der Waals surface area contributed by atoms with E-state index < -0.39 is 6.23 Å². The van der Waals surface area contributed by atoms with Gasteiger partial charge in [0.25, 0.3) is 0 Å². The quantitative estimate of drug-likeness (QED) is 0.572. The highest BCUT2D eigenvalue weighted by Gasteiger charge is 2.61. The van der Waals surface area contributed by atoms with Gasteiger partial charge in [-0.25, -0.2) is 0 Å². The third kappa shape index (κ3) is 2.15. The Kier molecular flexibility index (Phi) is 3.85. The van der Waals surface area contributed by atoms with E-state index in [4.69, 9.17) is 4.74 Å². The van der Waals surface area contributed by atoms with Crippen molar-refractivity contribution in [3.8, 4) is 0 Å². The van der Waals surface area contributed by atoms with Gasteiger partial charge < -0.3 is 9.84 Å². The Morgan fingerprint density at radius 3 is 2.71 bits per heavy atom. The van der Waals surface area contributed by atoms with Crippen LogP contribution in [-0.4, -0.2) is 30.5 Å². The Morgan fingerprint density at radius 1 is 1.17 bits per heavy atom. The summed E-state index contributed by atoms with van der Waals surface area (Å²) in [4.78, 5) is 12.3. The van der Waals surface area contributed by atoms with Gasteiger partial charge in [-0.15, -0.1) is 0 Å². The molecule has 4 aliphatic rings. The van der Waals surface area contributed by atoms with E-state index in [0.717, 1.165) is 25.7 Å². The van der Waals surface area contributed by atoms with Gasteiger partial charge in [-0.1, -0.05) is 19.9 Å². The lowest BCUT2D eigenvalue weighted by Gasteiger charge is -2.59. The minimum atomic E-state index is -0.497. The lowest BCUT2D eigenvalue weighted by molar-refractivity contribution is -0.153. The van der Waals surface area contributed by atoms with E-state index in [-0.39, 0.29) is 22.7 Å². The number of esters is 1. The van der Waals surface area contributed by atoms with E-state index in [1.807, 2.05) is 6.08 Å². The summed E-state index contributed by atoms with van der Waals surface area (Å²) >= 11 is 0. The molecule has 0 bridgehead atoms. The number of aliphatic hydroxyl groups excluding tert-OH is 1. The Morgan fingerprint density at radius 2 is 1.96 bits per heavy atom. The van der Waals surface area contributed by atoms with Crippen molar-refractivity contribution in [2.24, 2.45) is 34.5 Å². The van der Waals surface area contributed by atoms with Crippen LogP contribution in [0, 0.1) is 34.5 Å². The summed E-state index contributed by atoms with van der Waals surface area (Å²) in [6.07, 6.45) is 10.5. The average molecular weight is 333 g/mol. The number of aliphatic hydroxyl groups is 1. The van der Waals surface area contributed by atoms with Crippen LogP contribution in [0.5, 0.6) is 0 Å². The first kappa shape index (κ1) is 16.6. The predicted octanol–water partition coefficient (Wildman–Crippen LogP) is 2.86. The van der Waals surface area contributed by atoms with E-state index in [1.54, 1.807) is 0 Å². The van der Waals surface area contributed by atoms with Gasteiger partial charge in [0.05, 0.1) is 13.0 Å². The molecular weight excluding hydrogens is 302 g/mol. The van der Waals surface area contributed by atoms with Crippen LogP contribution in [0.2, 0.25) is 0 Å². The van der Waals surface area contributed by atoms with E-state index >= 15 is 0 Å². The smallest absolute Gasteiger partial charge is 0.309 e. The topological polar surface area (TPSA) is 58.6 Å². The molecular formula is C20H31NO3. The molecule has 4 rings (SSSR count). The lowest BCUT2D eigenvalue weighted by Crippen LogP contribution is -2.60. The van der Waals surface area contributed by atoms with Crippen LogP contribution in [-0.2, 0) is 9.53 Å². The Bertz CT molecular complexity index is 561. The Balaban J connectivity index is 1.63. The lowest BCUT2D eigenvalue weighted by atomic mass is 9.48. The molecule has 2 N–H and O–H groups in total. The van der Waals surface area contributed by atoms with Crippen LogP contribution in [0.1, 0.15) is 52.4 Å². The first-order chi connectivity index (χ1) is 11.4. The van der Waals surface area contributed by atoms with Crippen molar-refractivity contribution in [1.82, 2.24) is 5.32 Å². The molecule has 0 spiro atoms. The van der Waals surface area contributed by atoms with Gasteiger partial charge in [0, 0.05) is 11.5 Å². The van der Waals surface area contributed by atoms with Crippen molar-refractivity contribution in [3.05, 3.63) is 12.2 Å². The van der Waals surface area contributed by atoms with Crippen LogP contribution in [0.15, 0.2) is 12.2 Å². The van der Waals surface area contributed by atoms with E-state index in [1.165, 1.54) is 20.0 Å². The summed E-state index contributed by atoms with van der Waals surface area (Å²) < 4.78 is 5.11. The molecule has 0 saturated heterocycles. The molecule has 1 heterocycles. The van der Waals surface area contributed by atoms with Crippen molar-refractivity contribution in [2.45, 2.75) is 64.6 Å². The summed E-state index contributed by atoms with van der Waals surface area (Å²) in [5.41, 5.74) is 0.246. The molecule has 5 unspecified atom stereocenters. The highest BCUT2D eigenvalue weighted by Crippen LogP contribution is 2.65. The number of rotatable bonds is 1. The van der Waals surface area contributed by atoms with Gasteiger partial charge in [-0.2, -0.15) is 0 Å². The largest absolute Gasteiger partial charge is 0.469 e. The molecule has 0 aromatic carbocycles. The van der Waals surface area contributed by atoms with Gasteiger partial charge in [0.15, 0.2) is 0 Å². The Labute approximate surface area is 145 Å². The highest BCUT2D eigenvalue weighted by molar-refractivity contribution is 5.73. The average Bonchev–Trinajstić information content (AvgIpc) is 2.92. The van der Waals surface area contributed by atoms with Crippen LogP contribution in [0.4, 0.5) is 0 Å². The number of hydrogen-bond donors (Lipinski definition) is 2. The molecule has 3 fully saturated rings. The number of carbonyl (C=O) groups is 1. The second kappa shape index (κ2) is 5.57. The molecule has 0 aromatic heterocycles. The number of methoxy groups -OCH3 is 1. The highest BCUT2D eigenvalue weighted by atomic mass is 16.5. The molecule has 3 aliphatic carbocycles. The monoisotopic (exact) mass is 333 g/mol. The van der Waals surface area contributed by atoms with Crippen LogP contribution in [0.3, 0.4) is 0 Å². The fraction of sp³-hybridized carbons (Fsp3) is 0.850. The van der Waals surface area contributed by atoms with Crippen molar-refractivity contribution in [3.63, 3.8) is 0 Å². The minimum Gasteiger partial charge on any atom is -0.469 e. The standard InChI is InChI=1S/C20H31NO3/c1-19-10-8-14-12(13(19)5-6-15(19)18(23)24-3)4-7-16-20(14,2)11-9-17(22)21-16/h9,11-17,21-22H,4-8,10H2,1-3H3/t12?,13?,14?,15-,16?,17?,19+,20-/m1/s1. The molecule has 0 aromatic rings. The van der Waals surface area contributed by atoms with E-state index in [0.29, 0.717) is 23.8 Å². The molecule has 1 aliphatic heterocycles. The zero-order valence-electron chi connectivity index (χ0n) is 15.1. The zero-order chi connectivity index (χ0) is 17.1. The molecule has 134 valence electrons. The van der Waals surface area contributed by atoms with Crippen molar-refractivity contribution in [1.29, 1.82) is 0 Å². The summed E-state index contributed by atoms with van der Waals surface area (Å²) in [5.74, 6) is 2.07. The first-order valence-corrected chi connectivity index (χ1v) is 9.61. The molecule has 0 radical (unpaired) electrons. The molecule has 24 heavy (non-hydrogen) atoms. The molecule has 4 nitrogen and oxygen atoms in total. The summed E-state index contributed by atoms with van der Waals surface area (Å²) in [6.45, 7) is 4.72. The maximum absolute atomic E-state index is 12.3. The third-order valence-corrected chi connectivity index (χ3v) is 8.27. The van der Waals surface area contributed by atoms with E-state index in [9.17, 15) is 9.90 Å². The van der Waals surface area contributed by atoms with Crippen LogP contribution in [0.25, 0.3) is 0 Å². The predicted molar refractivity (Wildman–Crippen MR) is 92.0 cm³/mol. The van der Waals surface area contributed by atoms with Crippen LogP contribution < -0.4 is 5.32 Å². The molecule has 3 saturated carbocycles. The Hall–Kier alpha value is -0.870. The van der Waals surface area contributed by atoms with Crippen molar-refractivity contribution >= 4 is 5.97 Å². The summed E-state index contributed by atoms with van der Waals surface area (Å²) in [5, 5.41) is 13.3. The van der Waals surface area contributed by atoms with Gasteiger partial charge in [0.1, 0.15) is 6.23 Å². The van der Waals surface area contributed by atoms with E-state index in [2.05, 4.69) is 25.2 Å². The summed E-state index contributed by atoms with van der Waals surface area (Å²) in [7, 11) is 1.53. The zero-order valence-corrected chi connectivity index (χ0v) is 15.1. The van der Waals surface area contributed by atoms with Crippen molar-refractivity contribution < 1.29 is 14.6 Å². The number of ether oxygens (including phenoxy) is 1. The van der Waals surface area contributed by atoms with Gasteiger partial charge in [-0.3, -0.25) is 10.1 Å². The van der Waals surface area contributed by atoms with Gasteiger partial charge in [0.2, 0.25) is 0 Å². The SMILES string of the molecule is COC(=O)[C@H]1CCC2C3CCC4NC(O)C=C[C@]4(C)C3CC[C@@]21C. The maximum Gasteiger partial charge on any atom is 0.309 e. The van der Waals surface area contributed by atoms with Crippen molar-refractivity contribution in [2.75, 3.05) is 7.11 Å². The maximum atomic E-state index is 12.3. The number of hydrogen-bond acceptors (Lipinski definition) is 4. The fourth-order valence-electron chi connectivity index (χ4n) is 6.98. The minimum absolute atomic E-state index is 0.000647. The molecule has 8 atom stereocenters. The third-order valence-electron chi connectivity index (χ3n) is 8.27. The second-order valence-corrected chi connectivity index (χ2v) is 9.04. The second-order valence-electron chi connectivity index (χ2n) is 9.04. The van der Waals surface area contributed by atoms with Gasteiger partial charge in [-0.05, 0) is 67.8 Å². The molecule has 4 heteroatoms. The first-order valence-electron chi connectivity index (χ1n) is 9.61. The number of nitrogens with one attached hydrogen (secondary N) is 1. The number of fused-ring (bicyclic) bond motifs is 5. The molecule has 0 amide bonds. The normalized spacial score (nSPS) is 53.0. The van der Waals surface area contributed by atoms with Gasteiger partial charge >= 0.3 is 5.97 Å². The number of carbonyl (C=O) groups excluding carboxylic acids is 1. The fourth-order valence-corrected chi connectivity index (χ4v) is 6.98. The summed E-state index contributed by atoms with van der Waals surface area (Å²) in [6, 6.07) is 0.376.